The van der Waals surface area contributed by atoms with Crippen molar-refractivity contribution in [1.29, 1.82) is 0 Å². The van der Waals surface area contributed by atoms with Crippen molar-refractivity contribution in [2.45, 2.75) is 9.10 Å². The van der Waals surface area contributed by atoms with Gasteiger partial charge in [-0.25, -0.2) is 16.8 Å². The second-order valence-electron chi connectivity index (χ2n) is 5.42. The number of nitrogens with zero attached hydrogens (tertiary/aromatic N) is 2. The van der Waals surface area contributed by atoms with Crippen molar-refractivity contribution in [1.82, 2.24) is 8.61 Å². The molecule has 0 N–H and O–H groups in total. The first-order chi connectivity index (χ1) is 11.9. The molecular formula is C15H18N2O5S3. The minimum absolute atomic E-state index is 0.124. The number of piperazine rings is 1. The standard InChI is InChI=1S/C15H18N2O5S3/c1-22-13-4-6-14(7-5-13)24(18,19)16-8-10-17(11-9-16)25(20,21)15-3-2-12-23-15/h2-7,12H,8-11H2,1H3. The van der Waals surface area contributed by atoms with Gasteiger partial charge >= 0.3 is 0 Å². The number of rotatable bonds is 5. The first-order valence-corrected chi connectivity index (χ1v) is 11.3. The molecule has 0 atom stereocenters. The van der Waals surface area contributed by atoms with Crippen molar-refractivity contribution < 1.29 is 21.6 Å². The van der Waals surface area contributed by atoms with E-state index in [0.29, 0.717) is 5.75 Å². The Hall–Kier alpha value is -1.46. The lowest BCUT2D eigenvalue weighted by Gasteiger charge is -2.32. The van der Waals surface area contributed by atoms with Crippen molar-refractivity contribution in [3.05, 3.63) is 41.8 Å². The molecule has 10 heteroatoms. The van der Waals surface area contributed by atoms with Crippen molar-refractivity contribution >= 4 is 31.4 Å². The monoisotopic (exact) mass is 402 g/mol. The van der Waals surface area contributed by atoms with Crippen LogP contribution in [0.4, 0.5) is 0 Å². The molecule has 1 fully saturated rings. The molecule has 1 aliphatic heterocycles. The van der Waals surface area contributed by atoms with Crippen LogP contribution < -0.4 is 4.74 Å². The summed E-state index contributed by atoms with van der Waals surface area (Å²) in [6.45, 7) is 0.517. The average molecular weight is 403 g/mol. The van der Waals surface area contributed by atoms with Gasteiger partial charge in [-0.3, -0.25) is 0 Å². The van der Waals surface area contributed by atoms with Crippen LogP contribution in [0.3, 0.4) is 0 Å². The molecule has 1 saturated heterocycles. The van der Waals surface area contributed by atoms with Crippen LogP contribution in [-0.4, -0.2) is 58.7 Å². The average Bonchev–Trinajstić information content (AvgIpc) is 3.17. The van der Waals surface area contributed by atoms with Gasteiger partial charge in [-0.05, 0) is 35.7 Å². The summed E-state index contributed by atoms with van der Waals surface area (Å²) in [4.78, 5) is 0.169. The molecule has 0 amide bonds. The minimum Gasteiger partial charge on any atom is -0.497 e. The Balaban J connectivity index is 1.73. The molecule has 1 aliphatic rings. The molecule has 3 rings (SSSR count). The van der Waals surface area contributed by atoms with E-state index < -0.39 is 20.0 Å². The Morgan fingerprint density at radius 1 is 0.880 bits per heavy atom. The number of thiophene rings is 1. The van der Waals surface area contributed by atoms with Gasteiger partial charge in [0.25, 0.3) is 10.0 Å². The van der Waals surface area contributed by atoms with Gasteiger partial charge in [0.15, 0.2) is 0 Å². The fourth-order valence-electron chi connectivity index (χ4n) is 2.58. The van der Waals surface area contributed by atoms with Gasteiger partial charge in [0, 0.05) is 26.2 Å². The van der Waals surface area contributed by atoms with E-state index in [1.165, 1.54) is 27.9 Å². The maximum atomic E-state index is 12.7. The van der Waals surface area contributed by atoms with Crippen molar-refractivity contribution in [2.75, 3.05) is 33.3 Å². The molecular weight excluding hydrogens is 384 g/mol. The van der Waals surface area contributed by atoms with E-state index in [2.05, 4.69) is 0 Å². The first-order valence-electron chi connectivity index (χ1n) is 7.53. The number of methoxy groups -OCH3 is 1. The van der Waals surface area contributed by atoms with Crippen molar-refractivity contribution in [3.8, 4) is 5.75 Å². The van der Waals surface area contributed by atoms with Gasteiger partial charge < -0.3 is 4.74 Å². The largest absolute Gasteiger partial charge is 0.497 e. The number of hydrogen-bond donors (Lipinski definition) is 0. The van der Waals surface area contributed by atoms with Crippen LogP contribution in [-0.2, 0) is 20.0 Å². The highest BCUT2D eigenvalue weighted by Gasteiger charge is 2.34. The topological polar surface area (TPSA) is 84.0 Å². The van der Waals surface area contributed by atoms with E-state index in [1.807, 2.05) is 0 Å². The third-order valence-corrected chi connectivity index (χ3v) is 9.17. The molecule has 7 nitrogen and oxygen atoms in total. The molecule has 1 aromatic heterocycles. The summed E-state index contributed by atoms with van der Waals surface area (Å²) in [5, 5.41) is 1.71. The highest BCUT2D eigenvalue weighted by atomic mass is 32.2. The third-order valence-electron chi connectivity index (χ3n) is 3.98. The van der Waals surface area contributed by atoms with Crippen LogP contribution in [0.1, 0.15) is 0 Å². The van der Waals surface area contributed by atoms with Gasteiger partial charge in [-0.1, -0.05) is 6.07 Å². The summed E-state index contributed by atoms with van der Waals surface area (Å²) in [5.74, 6) is 0.575. The SMILES string of the molecule is COc1ccc(S(=O)(=O)N2CCN(S(=O)(=O)c3cccs3)CC2)cc1. The van der Waals surface area contributed by atoms with Gasteiger partial charge in [0.1, 0.15) is 9.96 Å². The van der Waals surface area contributed by atoms with Crippen molar-refractivity contribution in [2.24, 2.45) is 0 Å². The second kappa shape index (κ2) is 7.04. The van der Waals surface area contributed by atoms with Crippen LogP contribution in [0.25, 0.3) is 0 Å². The van der Waals surface area contributed by atoms with E-state index in [1.54, 1.807) is 29.6 Å². The summed E-state index contributed by atoms with van der Waals surface area (Å²) < 4.78 is 58.3. The molecule has 1 aromatic carbocycles. The molecule has 2 aromatic rings. The quantitative estimate of drug-likeness (QED) is 0.756. The van der Waals surface area contributed by atoms with Crippen LogP contribution in [0, 0.1) is 0 Å². The predicted octanol–water partition coefficient (Wildman–Crippen LogP) is 1.45. The summed E-state index contributed by atoms with van der Waals surface area (Å²) >= 11 is 1.16. The Bertz CT molecular complexity index is 914. The van der Waals surface area contributed by atoms with Crippen molar-refractivity contribution in [3.63, 3.8) is 0 Å². The van der Waals surface area contributed by atoms with E-state index in [-0.39, 0.29) is 35.3 Å². The number of benzene rings is 1. The third kappa shape index (κ3) is 3.58. The number of hydrogen-bond acceptors (Lipinski definition) is 6. The molecule has 0 unspecified atom stereocenters. The second-order valence-corrected chi connectivity index (χ2v) is 10.5. The highest BCUT2D eigenvalue weighted by Crippen LogP contribution is 2.25. The fraction of sp³-hybridized carbons (Fsp3) is 0.333. The molecule has 0 saturated carbocycles. The highest BCUT2D eigenvalue weighted by molar-refractivity contribution is 7.91. The van der Waals surface area contributed by atoms with Gasteiger partial charge in [-0.15, -0.1) is 11.3 Å². The van der Waals surface area contributed by atoms with Crippen LogP contribution >= 0.6 is 11.3 Å². The Kier molecular flexibility index (Phi) is 5.16. The molecule has 0 aliphatic carbocycles. The van der Waals surface area contributed by atoms with Gasteiger partial charge in [0.05, 0.1) is 12.0 Å². The van der Waals surface area contributed by atoms with Crippen LogP contribution in [0.5, 0.6) is 5.75 Å². The van der Waals surface area contributed by atoms with E-state index in [4.69, 9.17) is 4.74 Å². The Morgan fingerprint density at radius 2 is 1.44 bits per heavy atom. The van der Waals surface area contributed by atoms with Gasteiger partial charge in [0.2, 0.25) is 10.0 Å². The van der Waals surface area contributed by atoms with Crippen LogP contribution in [0.15, 0.2) is 50.9 Å². The predicted molar refractivity (Wildman–Crippen MR) is 94.8 cm³/mol. The van der Waals surface area contributed by atoms with Crippen LogP contribution in [0.2, 0.25) is 0 Å². The molecule has 136 valence electrons. The van der Waals surface area contributed by atoms with E-state index in [0.717, 1.165) is 11.3 Å². The Morgan fingerprint density at radius 3 is 1.92 bits per heavy atom. The molecule has 0 radical (unpaired) electrons. The summed E-state index contributed by atoms with van der Waals surface area (Å²) in [7, 11) is -5.69. The summed E-state index contributed by atoms with van der Waals surface area (Å²) in [6.07, 6.45) is 0. The zero-order chi connectivity index (χ0) is 18.1. The van der Waals surface area contributed by atoms with E-state index in [9.17, 15) is 16.8 Å². The summed E-state index contributed by atoms with van der Waals surface area (Å²) in [5.41, 5.74) is 0. The lowest BCUT2D eigenvalue weighted by atomic mass is 10.3. The molecule has 25 heavy (non-hydrogen) atoms. The lowest BCUT2D eigenvalue weighted by molar-refractivity contribution is 0.273. The lowest BCUT2D eigenvalue weighted by Crippen LogP contribution is -2.50. The smallest absolute Gasteiger partial charge is 0.252 e. The number of ether oxygens (including phenoxy) is 1. The Labute approximate surface area is 151 Å². The van der Waals surface area contributed by atoms with E-state index >= 15 is 0 Å². The normalized spacial score (nSPS) is 17.5. The molecule has 0 spiro atoms. The minimum atomic E-state index is -3.65. The number of sulfonamides is 2. The fourth-order valence-corrected chi connectivity index (χ4v) is 6.57. The maximum absolute atomic E-state index is 12.7. The molecule has 2 heterocycles. The maximum Gasteiger partial charge on any atom is 0.252 e. The zero-order valence-corrected chi connectivity index (χ0v) is 16.0. The van der Waals surface area contributed by atoms with Gasteiger partial charge in [-0.2, -0.15) is 8.61 Å². The zero-order valence-electron chi connectivity index (χ0n) is 13.5. The summed E-state index contributed by atoms with van der Waals surface area (Å²) in [6, 6.07) is 9.39. The molecule has 0 bridgehead atoms. The first kappa shape index (κ1) is 18.3.